The zero-order valence-electron chi connectivity index (χ0n) is 9.14. The number of nitrogens with two attached hydrogens (primary N) is 1. The van der Waals surface area contributed by atoms with E-state index in [1.54, 1.807) is 6.07 Å². The van der Waals surface area contributed by atoms with Gasteiger partial charge < -0.3 is 21.1 Å². The molecule has 90 valence electrons. The zero-order valence-corrected chi connectivity index (χ0v) is 9.14. The monoisotopic (exact) mass is 235 g/mol. The lowest BCUT2D eigenvalue weighted by atomic mass is 10.1. The Bertz CT molecular complexity index is 473. The normalized spacial score (nSPS) is 15.5. The number of anilines is 1. The number of hydrogen-bond donors (Lipinski definition) is 3. The van der Waals surface area contributed by atoms with E-state index >= 15 is 0 Å². The van der Waals surface area contributed by atoms with Gasteiger partial charge in [-0.1, -0.05) is 6.07 Å². The zero-order chi connectivity index (χ0) is 12.4. The Morgan fingerprint density at radius 1 is 1.47 bits per heavy atom. The largest absolute Gasteiger partial charge is 0.505 e. The van der Waals surface area contributed by atoms with Crippen LogP contribution in [0.1, 0.15) is 10.4 Å². The number of phenolic OH excluding ortho intramolecular Hbond substituents is 1. The van der Waals surface area contributed by atoms with Crippen LogP contribution < -0.4 is 11.1 Å². The molecule has 2 amide bonds. The molecule has 0 aliphatic carbocycles. The van der Waals surface area contributed by atoms with E-state index in [2.05, 4.69) is 5.32 Å². The Morgan fingerprint density at radius 2 is 2.24 bits per heavy atom. The summed E-state index contributed by atoms with van der Waals surface area (Å²) in [7, 11) is 0. The molecule has 1 heterocycles. The number of nitrogens with one attached hydrogen (secondary N) is 1. The first-order valence-corrected chi connectivity index (χ1v) is 5.23. The Labute approximate surface area is 98.0 Å². The molecule has 1 saturated heterocycles. The molecule has 6 nitrogen and oxygen atoms in total. The van der Waals surface area contributed by atoms with Crippen molar-refractivity contribution in [2.75, 3.05) is 25.4 Å². The minimum Gasteiger partial charge on any atom is -0.505 e. The van der Waals surface area contributed by atoms with Crippen molar-refractivity contribution in [3.05, 3.63) is 23.8 Å². The van der Waals surface area contributed by atoms with Crippen LogP contribution in [0.25, 0.3) is 0 Å². The van der Waals surface area contributed by atoms with Crippen LogP contribution in [0.3, 0.4) is 0 Å². The van der Waals surface area contributed by atoms with Gasteiger partial charge in [-0.3, -0.25) is 9.59 Å². The van der Waals surface area contributed by atoms with Crippen molar-refractivity contribution in [3.8, 4) is 5.75 Å². The molecule has 1 fully saturated rings. The molecule has 1 aliphatic heterocycles. The number of para-hydroxylation sites is 1. The van der Waals surface area contributed by atoms with Crippen molar-refractivity contribution in [3.63, 3.8) is 0 Å². The first-order chi connectivity index (χ1) is 8.09. The topological polar surface area (TPSA) is 95.7 Å². The minimum atomic E-state index is -0.385. The summed E-state index contributed by atoms with van der Waals surface area (Å²) in [5.74, 6) is -0.818. The minimum absolute atomic E-state index is 0.00702. The highest BCUT2D eigenvalue weighted by atomic mass is 16.3. The van der Waals surface area contributed by atoms with Gasteiger partial charge in [-0.15, -0.1) is 0 Å². The predicted octanol–water partition coefficient (Wildman–Crippen LogP) is -0.454. The van der Waals surface area contributed by atoms with Crippen molar-refractivity contribution in [2.24, 2.45) is 0 Å². The maximum Gasteiger partial charge on any atom is 0.258 e. The third-order valence-electron chi connectivity index (χ3n) is 2.62. The fourth-order valence-electron chi connectivity index (χ4n) is 1.72. The third kappa shape index (κ3) is 2.15. The van der Waals surface area contributed by atoms with E-state index in [-0.39, 0.29) is 35.4 Å². The average Bonchev–Trinajstić information content (AvgIpc) is 2.32. The van der Waals surface area contributed by atoms with Crippen LogP contribution in [-0.4, -0.2) is 41.5 Å². The molecule has 0 spiro atoms. The summed E-state index contributed by atoms with van der Waals surface area (Å²) in [4.78, 5) is 24.6. The summed E-state index contributed by atoms with van der Waals surface area (Å²) >= 11 is 0. The standard InChI is InChI=1S/C11H13N3O3/c12-8-3-1-2-7(10(8)16)11(17)14-5-4-13-9(15)6-14/h1-3,16H,4-6,12H2,(H,13,15). The van der Waals surface area contributed by atoms with Gasteiger partial charge in [-0.05, 0) is 12.1 Å². The molecule has 1 aliphatic rings. The second-order valence-corrected chi connectivity index (χ2v) is 3.82. The van der Waals surface area contributed by atoms with Gasteiger partial charge in [0.15, 0.2) is 5.75 Å². The van der Waals surface area contributed by atoms with E-state index in [0.717, 1.165) is 0 Å². The average molecular weight is 235 g/mol. The molecule has 1 aromatic rings. The van der Waals surface area contributed by atoms with Gasteiger partial charge in [0, 0.05) is 13.1 Å². The summed E-state index contributed by atoms with van der Waals surface area (Å²) in [6.45, 7) is 0.861. The van der Waals surface area contributed by atoms with E-state index in [0.29, 0.717) is 13.1 Å². The van der Waals surface area contributed by atoms with Crippen molar-refractivity contribution in [1.29, 1.82) is 0 Å². The summed E-state index contributed by atoms with van der Waals surface area (Å²) < 4.78 is 0. The second-order valence-electron chi connectivity index (χ2n) is 3.82. The maximum atomic E-state index is 12.0. The quantitative estimate of drug-likeness (QED) is 0.453. The highest BCUT2D eigenvalue weighted by Gasteiger charge is 2.24. The molecular formula is C11H13N3O3. The Morgan fingerprint density at radius 3 is 2.94 bits per heavy atom. The van der Waals surface area contributed by atoms with Gasteiger partial charge in [0.25, 0.3) is 5.91 Å². The number of piperazine rings is 1. The van der Waals surface area contributed by atoms with Crippen LogP contribution in [0.4, 0.5) is 5.69 Å². The summed E-state index contributed by atoms with van der Waals surface area (Å²) in [6, 6.07) is 4.59. The Kier molecular flexibility index (Phi) is 2.86. The number of nitrogens with zero attached hydrogens (tertiary/aromatic N) is 1. The molecule has 1 aromatic carbocycles. The number of amides is 2. The lowest BCUT2D eigenvalue weighted by Gasteiger charge is -2.27. The van der Waals surface area contributed by atoms with E-state index < -0.39 is 0 Å². The van der Waals surface area contributed by atoms with E-state index in [9.17, 15) is 14.7 Å². The fraction of sp³-hybridized carbons (Fsp3) is 0.273. The van der Waals surface area contributed by atoms with Crippen molar-refractivity contribution >= 4 is 17.5 Å². The van der Waals surface area contributed by atoms with Crippen LogP contribution in [0.2, 0.25) is 0 Å². The van der Waals surface area contributed by atoms with Gasteiger partial charge in [0.2, 0.25) is 5.91 Å². The van der Waals surface area contributed by atoms with Gasteiger partial charge in [-0.25, -0.2) is 0 Å². The molecule has 6 heteroatoms. The highest BCUT2D eigenvalue weighted by Crippen LogP contribution is 2.25. The number of benzene rings is 1. The van der Waals surface area contributed by atoms with E-state index in [4.69, 9.17) is 5.73 Å². The summed E-state index contributed by atoms with van der Waals surface area (Å²) in [6.07, 6.45) is 0. The number of hydrogen-bond acceptors (Lipinski definition) is 4. The molecular weight excluding hydrogens is 222 g/mol. The summed E-state index contributed by atoms with van der Waals surface area (Å²) in [5.41, 5.74) is 5.79. The molecule has 17 heavy (non-hydrogen) atoms. The molecule has 0 aromatic heterocycles. The number of nitrogen functional groups attached to an aromatic ring is 1. The van der Waals surface area contributed by atoms with E-state index in [1.165, 1.54) is 17.0 Å². The fourth-order valence-corrected chi connectivity index (χ4v) is 1.72. The van der Waals surface area contributed by atoms with Gasteiger partial charge in [0.05, 0.1) is 17.8 Å². The van der Waals surface area contributed by atoms with Gasteiger partial charge in [-0.2, -0.15) is 0 Å². The van der Waals surface area contributed by atoms with Crippen LogP contribution in [0, 0.1) is 0 Å². The number of rotatable bonds is 1. The van der Waals surface area contributed by atoms with Crippen molar-refractivity contribution < 1.29 is 14.7 Å². The van der Waals surface area contributed by atoms with Crippen LogP contribution in [0.5, 0.6) is 5.75 Å². The lowest BCUT2D eigenvalue weighted by Crippen LogP contribution is -2.49. The third-order valence-corrected chi connectivity index (χ3v) is 2.62. The Hall–Kier alpha value is -2.24. The number of carbonyl (C=O) groups excluding carboxylic acids is 2. The maximum absolute atomic E-state index is 12.0. The molecule has 0 atom stereocenters. The SMILES string of the molecule is Nc1cccc(C(=O)N2CCNC(=O)C2)c1O. The first-order valence-electron chi connectivity index (χ1n) is 5.23. The molecule has 0 radical (unpaired) electrons. The number of carbonyl (C=O) groups is 2. The highest BCUT2D eigenvalue weighted by molar-refractivity contribution is 6.00. The number of phenols is 1. The second kappa shape index (κ2) is 4.32. The van der Waals surface area contributed by atoms with Gasteiger partial charge in [0.1, 0.15) is 0 Å². The molecule has 4 N–H and O–H groups in total. The van der Waals surface area contributed by atoms with Crippen molar-refractivity contribution in [2.45, 2.75) is 0 Å². The van der Waals surface area contributed by atoms with Crippen LogP contribution in [-0.2, 0) is 4.79 Å². The number of aromatic hydroxyl groups is 1. The first kappa shape index (κ1) is 11.3. The Balaban J connectivity index is 2.24. The molecule has 0 saturated carbocycles. The lowest BCUT2D eigenvalue weighted by molar-refractivity contribution is -0.123. The predicted molar refractivity (Wildman–Crippen MR) is 61.4 cm³/mol. The van der Waals surface area contributed by atoms with Crippen LogP contribution in [0.15, 0.2) is 18.2 Å². The van der Waals surface area contributed by atoms with Gasteiger partial charge >= 0.3 is 0 Å². The molecule has 0 unspecified atom stereocenters. The molecule has 2 rings (SSSR count). The summed E-state index contributed by atoms with van der Waals surface area (Å²) in [5, 5.41) is 12.3. The van der Waals surface area contributed by atoms with E-state index in [1.807, 2.05) is 0 Å². The van der Waals surface area contributed by atoms with Crippen molar-refractivity contribution in [1.82, 2.24) is 10.2 Å². The molecule has 0 bridgehead atoms. The smallest absolute Gasteiger partial charge is 0.258 e. The van der Waals surface area contributed by atoms with Crippen LogP contribution >= 0.6 is 0 Å².